The molecule has 1 saturated heterocycles. The molecule has 1 atom stereocenters. The van der Waals surface area contributed by atoms with Gasteiger partial charge in [-0.1, -0.05) is 12.8 Å². The molecule has 0 aromatic carbocycles. The van der Waals surface area contributed by atoms with Gasteiger partial charge in [-0.15, -0.1) is 0 Å². The first-order chi connectivity index (χ1) is 13.9. The van der Waals surface area contributed by atoms with E-state index in [2.05, 4.69) is 15.3 Å². The van der Waals surface area contributed by atoms with Crippen LogP contribution in [0.1, 0.15) is 50.1 Å². The molecule has 154 valence electrons. The van der Waals surface area contributed by atoms with Crippen LogP contribution in [-0.2, 0) is 10.0 Å². The molecular formula is C19H24N6O3S. The Morgan fingerprint density at radius 2 is 2.00 bits per heavy atom. The fraction of sp³-hybridized carbons (Fsp3) is 0.579. The summed E-state index contributed by atoms with van der Waals surface area (Å²) in [5.74, 6) is 0.369. The molecule has 4 rings (SSSR count). The number of fused-ring (bicyclic) bond motifs is 1. The molecule has 2 aromatic rings. The number of nitrogens with zero attached hydrogens (tertiary/aromatic N) is 5. The largest absolute Gasteiger partial charge is 0.350 e. The standard InChI is InChI=1S/C19H24N6O3S/c1-29(27,28)24-8-4-5-15(12-24)22-19-21-11-14-9-13(10-20)18(26)25(17(14)23-19)16-6-2-3-7-16/h9,11,15-16H,2-8,12H2,1H3,(H,21,22,23)/t15-/m1/s1. The second-order valence-corrected chi connectivity index (χ2v) is 9.84. The van der Waals surface area contributed by atoms with Crippen LogP contribution in [0.4, 0.5) is 5.95 Å². The molecule has 0 spiro atoms. The minimum Gasteiger partial charge on any atom is -0.350 e. The van der Waals surface area contributed by atoms with E-state index in [0.717, 1.165) is 38.5 Å². The van der Waals surface area contributed by atoms with Crippen LogP contribution in [0.25, 0.3) is 11.0 Å². The predicted octanol–water partition coefficient (Wildman–Crippen LogP) is 1.61. The third-order valence-electron chi connectivity index (χ3n) is 5.77. The lowest BCUT2D eigenvalue weighted by atomic mass is 10.1. The SMILES string of the molecule is CS(=O)(=O)N1CCC[C@@H](Nc2ncc3cc(C#N)c(=O)n(C4CCCC4)c3n2)C1. The van der Waals surface area contributed by atoms with Crippen molar-refractivity contribution in [2.24, 2.45) is 0 Å². The summed E-state index contributed by atoms with van der Waals surface area (Å²) in [4.78, 5) is 21.8. The van der Waals surface area contributed by atoms with E-state index in [1.54, 1.807) is 16.8 Å². The Labute approximate surface area is 169 Å². The van der Waals surface area contributed by atoms with E-state index in [0.29, 0.717) is 30.1 Å². The first kappa shape index (κ1) is 19.8. The van der Waals surface area contributed by atoms with E-state index in [4.69, 9.17) is 0 Å². The highest BCUT2D eigenvalue weighted by Gasteiger charge is 2.27. The fourth-order valence-corrected chi connectivity index (χ4v) is 5.23. The normalized spacial score (nSPS) is 21.3. The number of hydrogen-bond acceptors (Lipinski definition) is 7. The Balaban J connectivity index is 1.69. The Hall–Kier alpha value is -2.51. The van der Waals surface area contributed by atoms with Crippen molar-refractivity contribution in [2.45, 2.75) is 50.6 Å². The number of piperidine rings is 1. The van der Waals surface area contributed by atoms with E-state index < -0.39 is 10.0 Å². The van der Waals surface area contributed by atoms with Crippen molar-refractivity contribution in [3.05, 3.63) is 28.2 Å². The summed E-state index contributed by atoms with van der Waals surface area (Å²) < 4.78 is 26.8. The second kappa shape index (κ2) is 7.72. The van der Waals surface area contributed by atoms with Crippen LogP contribution in [0.3, 0.4) is 0 Å². The van der Waals surface area contributed by atoms with Crippen LogP contribution in [0.5, 0.6) is 0 Å². The summed E-state index contributed by atoms with van der Waals surface area (Å²) in [5, 5.41) is 13.2. The zero-order valence-electron chi connectivity index (χ0n) is 16.3. The van der Waals surface area contributed by atoms with E-state index in [1.165, 1.54) is 10.6 Å². The number of anilines is 1. The molecule has 0 unspecified atom stereocenters. The van der Waals surface area contributed by atoms with Gasteiger partial charge in [0.15, 0.2) is 0 Å². The lowest BCUT2D eigenvalue weighted by molar-refractivity contribution is 0.328. The topological polar surface area (TPSA) is 121 Å². The zero-order valence-corrected chi connectivity index (χ0v) is 17.2. The second-order valence-electron chi connectivity index (χ2n) is 7.86. The average Bonchev–Trinajstić information content (AvgIpc) is 3.21. The Bertz CT molecular complexity index is 1130. The van der Waals surface area contributed by atoms with Gasteiger partial charge in [0.2, 0.25) is 16.0 Å². The first-order valence-corrected chi connectivity index (χ1v) is 11.8. The van der Waals surface area contributed by atoms with Crippen molar-refractivity contribution in [3.63, 3.8) is 0 Å². The van der Waals surface area contributed by atoms with Crippen molar-refractivity contribution in [2.75, 3.05) is 24.7 Å². The summed E-state index contributed by atoms with van der Waals surface area (Å²) >= 11 is 0. The van der Waals surface area contributed by atoms with Gasteiger partial charge in [0.25, 0.3) is 5.56 Å². The lowest BCUT2D eigenvalue weighted by Gasteiger charge is -2.31. The molecule has 2 fully saturated rings. The minimum absolute atomic E-state index is 0.0384. The quantitative estimate of drug-likeness (QED) is 0.804. The molecule has 3 heterocycles. The summed E-state index contributed by atoms with van der Waals surface area (Å²) in [7, 11) is -3.24. The molecule has 1 aliphatic heterocycles. The van der Waals surface area contributed by atoms with Gasteiger partial charge in [-0.05, 0) is 31.7 Å². The smallest absolute Gasteiger partial charge is 0.270 e. The van der Waals surface area contributed by atoms with Gasteiger partial charge in [-0.25, -0.2) is 17.7 Å². The maximum Gasteiger partial charge on any atom is 0.270 e. The number of aromatic nitrogens is 3. The van der Waals surface area contributed by atoms with E-state index in [9.17, 15) is 18.5 Å². The van der Waals surface area contributed by atoms with Crippen molar-refractivity contribution in [1.29, 1.82) is 5.26 Å². The van der Waals surface area contributed by atoms with Gasteiger partial charge >= 0.3 is 0 Å². The highest BCUT2D eigenvalue weighted by atomic mass is 32.2. The van der Waals surface area contributed by atoms with Gasteiger partial charge in [-0.2, -0.15) is 10.2 Å². The molecular weight excluding hydrogens is 392 g/mol. The van der Waals surface area contributed by atoms with Gasteiger partial charge in [-0.3, -0.25) is 9.36 Å². The van der Waals surface area contributed by atoms with Gasteiger partial charge < -0.3 is 5.32 Å². The van der Waals surface area contributed by atoms with Gasteiger partial charge in [0.1, 0.15) is 17.3 Å². The lowest BCUT2D eigenvalue weighted by Crippen LogP contribution is -2.44. The fourth-order valence-electron chi connectivity index (χ4n) is 4.31. The zero-order chi connectivity index (χ0) is 20.6. The molecule has 9 nitrogen and oxygen atoms in total. The highest BCUT2D eigenvalue weighted by Crippen LogP contribution is 2.30. The molecule has 0 radical (unpaired) electrons. The molecule has 29 heavy (non-hydrogen) atoms. The molecule has 1 N–H and O–H groups in total. The third kappa shape index (κ3) is 3.97. The van der Waals surface area contributed by atoms with Crippen LogP contribution in [0.15, 0.2) is 17.1 Å². The first-order valence-electron chi connectivity index (χ1n) is 9.91. The van der Waals surface area contributed by atoms with Crippen LogP contribution in [0, 0.1) is 11.3 Å². The Morgan fingerprint density at radius 1 is 1.24 bits per heavy atom. The molecule has 1 aliphatic carbocycles. The molecule has 0 bridgehead atoms. The van der Waals surface area contributed by atoms with Crippen LogP contribution in [-0.4, -0.2) is 52.6 Å². The highest BCUT2D eigenvalue weighted by molar-refractivity contribution is 7.88. The molecule has 10 heteroatoms. The van der Waals surface area contributed by atoms with Crippen LogP contribution < -0.4 is 10.9 Å². The van der Waals surface area contributed by atoms with Crippen LogP contribution >= 0.6 is 0 Å². The van der Waals surface area contributed by atoms with Crippen molar-refractivity contribution in [3.8, 4) is 6.07 Å². The molecule has 0 amide bonds. The average molecular weight is 417 g/mol. The number of nitrogens with one attached hydrogen (secondary N) is 1. The van der Waals surface area contributed by atoms with Crippen LogP contribution in [0.2, 0.25) is 0 Å². The number of hydrogen-bond donors (Lipinski definition) is 1. The third-order valence-corrected chi connectivity index (χ3v) is 7.04. The Kier molecular flexibility index (Phi) is 5.27. The molecule has 2 aromatic heterocycles. The van der Waals surface area contributed by atoms with Gasteiger partial charge in [0.05, 0.1) is 6.26 Å². The maximum absolute atomic E-state index is 12.8. The van der Waals surface area contributed by atoms with Crippen molar-refractivity contribution in [1.82, 2.24) is 18.8 Å². The van der Waals surface area contributed by atoms with Gasteiger partial charge in [0, 0.05) is 36.8 Å². The maximum atomic E-state index is 12.8. The minimum atomic E-state index is -3.24. The monoisotopic (exact) mass is 416 g/mol. The van der Waals surface area contributed by atoms with Crippen molar-refractivity contribution < 1.29 is 8.42 Å². The summed E-state index contributed by atoms with van der Waals surface area (Å²) in [5.41, 5.74) is 0.316. The van der Waals surface area contributed by atoms with E-state index in [-0.39, 0.29) is 23.2 Å². The number of pyridine rings is 1. The molecule has 2 aliphatic rings. The number of rotatable bonds is 4. The Morgan fingerprint density at radius 3 is 2.69 bits per heavy atom. The summed E-state index contributed by atoms with van der Waals surface area (Å²) in [6.45, 7) is 0.886. The number of nitriles is 1. The summed E-state index contributed by atoms with van der Waals surface area (Å²) in [6, 6.07) is 3.47. The van der Waals surface area contributed by atoms with E-state index in [1.807, 2.05) is 6.07 Å². The van der Waals surface area contributed by atoms with E-state index >= 15 is 0 Å². The number of sulfonamides is 1. The van der Waals surface area contributed by atoms with Crippen molar-refractivity contribution >= 4 is 27.0 Å². The molecule has 1 saturated carbocycles. The predicted molar refractivity (Wildman–Crippen MR) is 109 cm³/mol. The summed E-state index contributed by atoms with van der Waals surface area (Å²) in [6.07, 6.45) is 8.30.